The van der Waals surface area contributed by atoms with Gasteiger partial charge in [0.2, 0.25) is 0 Å². The van der Waals surface area contributed by atoms with Crippen molar-refractivity contribution in [3.05, 3.63) is 57.7 Å². The van der Waals surface area contributed by atoms with Gasteiger partial charge in [-0.05, 0) is 40.5 Å². The molecular formula is C13H11BrF2N2. The van der Waals surface area contributed by atoms with Crippen LogP contribution in [0.1, 0.15) is 11.1 Å². The first-order chi connectivity index (χ1) is 8.56. The maximum atomic E-state index is 13.4. The fourth-order valence-electron chi connectivity index (χ4n) is 1.49. The molecule has 0 bridgehead atoms. The monoisotopic (exact) mass is 312 g/mol. The summed E-state index contributed by atoms with van der Waals surface area (Å²) < 4.78 is 27.0. The Kier molecular flexibility index (Phi) is 3.91. The van der Waals surface area contributed by atoms with Gasteiger partial charge in [0.1, 0.15) is 17.5 Å². The number of anilines is 1. The number of nitrogens with zero attached hydrogens (tertiary/aromatic N) is 1. The van der Waals surface area contributed by atoms with Gasteiger partial charge in [-0.15, -0.1) is 0 Å². The third-order valence-electron chi connectivity index (χ3n) is 2.52. The van der Waals surface area contributed by atoms with Gasteiger partial charge in [0, 0.05) is 28.8 Å². The van der Waals surface area contributed by atoms with E-state index in [0.29, 0.717) is 11.4 Å². The van der Waals surface area contributed by atoms with Gasteiger partial charge in [-0.3, -0.25) is 0 Å². The summed E-state index contributed by atoms with van der Waals surface area (Å²) in [6.07, 6.45) is 1.68. The maximum Gasteiger partial charge on any atom is 0.131 e. The molecule has 0 fully saturated rings. The van der Waals surface area contributed by atoms with E-state index in [4.69, 9.17) is 0 Å². The lowest BCUT2D eigenvalue weighted by Gasteiger charge is -2.08. The molecule has 2 aromatic rings. The summed E-state index contributed by atoms with van der Waals surface area (Å²) in [6, 6.07) is 5.38. The normalized spacial score (nSPS) is 10.4. The summed E-state index contributed by atoms with van der Waals surface area (Å²) >= 11 is 3.35. The van der Waals surface area contributed by atoms with Gasteiger partial charge in [0.15, 0.2) is 0 Å². The topological polar surface area (TPSA) is 24.9 Å². The van der Waals surface area contributed by atoms with Gasteiger partial charge < -0.3 is 5.32 Å². The van der Waals surface area contributed by atoms with Gasteiger partial charge in [-0.25, -0.2) is 13.8 Å². The van der Waals surface area contributed by atoms with Crippen LogP contribution in [-0.4, -0.2) is 4.98 Å². The van der Waals surface area contributed by atoms with Crippen molar-refractivity contribution in [2.45, 2.75) is 13.5 Å². The van der Waals surface area contributed by atoms with Crippen LogP contribution < -0.4 is 5.32 Å². The van der Waals surface area contributed by atoms with E-state index >= 15 is 0 Å². The highest BCUT2D eigenvalue weighted by molar-refractivity contribution is 9.10. The molecule has 0 radical (unpaired) electrons. The van der Waals surface area contributed by atoms with E-state index in [2.05, 4.69) is 26.2 Å². The van der Waals surface area contributed by atoms with Crippen LogP contribution in [-0.2, 0) is 6.54 Å². The SMILES string of the molecule is Cc1cc(NCc2ccc(F)cc2F)ncc1Br. The predicted molar refractivity (Wildman–Crippen MR) is 70.4 cm³/mol. The van der Waals surface area contributed by atoms with E-state index in [9.17, 15) is 8.78 Å². The molecule has 1 aromatic heterocycles. The Morgan fingerprint density at radius 2 is 2.06 bits per heavy atom. The number of hydrogen-bond donors (Lipinski definition) is 1. The lowest BCUT2D eigenvalue weighted by molar-refractivity contribution is 0.574. The van der Waals surface area contributed by atoms with Crippen LogP contribution in [0.5, 0.6) is 0 Å². The van der Waals surface area contributed by atoms with Crippen molar-refractivity contribution < 1.29 is 8.78 Å². The molecule has 0 saturated heterocycles. The number of benzene rings is 1. The molecule has 0 aliphatic carbocycles. The zero-order valence-corrected chi connectivity index (χ0v) is 11.3. The zero-order valence-electron chi connectivity index (χ0n) is 9.67. The van der Waals surface area contributed by atoms with Crippen LogP contribution in [0, 0.1) is 18.6 Å². The molecule has 5 heteroatoms. The molecule has 0 amide bonds. The molecule has 94 valence electrons. The molecule has 0 atom stereocenters. The molecule has 2 nitrogen and oxygen atoms in total. The highest BCUT2D eigenvalue weighted by atomic mass is 79.9. The Morgan fingerprint density at radius 3 is 2.72 bits per heavy atom. The molecule has 1 N–H and O–H groups in total. The highest BCUT2D eigenvalue weighted by Gasteiger charge is 2.04. The molecule has 0 aliphatic rings. The van der Waals surface area contributed by atoms with Gasteiger partial charge in [-0.2, -0.15) is 0 Å². The van der Waals surface area contributed by atoms with Crippen molar-refractivity contribution in [1.82, 2.24) is 4.98 Å². The lowest BCUT2D eigenvalue weighted by atomic mass is 10.2. The summed E-state index contributed by atoms with van der Waals surface area (Å²) in [7, 11) is 0. The second kappa shape index (κ2) is 5.44. The maximum absolute atomic E-state index is 13.4. The Hall–Kier alpha value is -1.49. The van der Waals surface area contributed by atoms with E-state index in [0.717, 1.165) is 16.1 Å². The van der Waals surface area contributed by atoms with Crippen LogP contribution in [0.4, 0.5) is 14.6 Å². The number of aryl methyl sites for hydroxylation is 1. The molecule has 18 heavy (non-hydrogen) atoms. The first-order valence-electron chi connectivity index (χ1n) is 5.36. The van der Waals surface area contributed by atoms with E-state index < -0.39 is 11.6 Å². The van der Waals surface area contributed by atoms with Gasteiger partial charge >= 0.3 is 0 Å². The first kappa shape index (κ1) is 13.0. The summed E-state index contributed by atoms with van der Waals surface area (Å²) in [6.45, 7) is 2.20. The Bertz CT molecular complexity index is 573. The van der Waals surface area contributed by atoms with Crippen molar-refractivity contribution in [3.63, 3.8) is 0 Å². The lowest BCUT2D eigenvalue weighted by Crippen LogP contribution is -2.04. The largest absolute Gasteiger partial charge is 0.366 e. The van der Waals surface area contributed by atoms with E-state index in [1.807, 2.05) is 13.0 Å². The zero-order chi connectivity index (χ0) is 13.1. The average Bonchev–Trinajstić information content (AvgIpc) is 2.32. The fraction of sp³-hybridized carbons (Fsp3) is 0.154. The molecular weight excluding hydrogens is 302 g/mol. The highest BCUT2D eigenvalue weighted by Crippen LogP contribution is 2.18. The van der Waals surface area contributed by atoms with Crippen molar-refractivity contribution >= 4 is 21.7 Å². The summed E-state index contributed by atoms with van der Waals surface area (Å²) in [4.78, 5) is 4.15. The summed E-state index contributed by atoms with van der Waals surface area (Å²) in [5.74, 6) is -0.482. The minimum absolute atomic E-state index is 0.264. The number of rotatable bonds is 3. The molecule has 0 spiro atoms. The average molecular weight is 313 g/mol. The third kappa shape index (κ3) is 3.04. The summed E-state index contributed by atoms with van der Waals surface area (Å²) in [5, 5.41) is 2.99. The third-order valence-corrected chi connectivity index (χ3v) is 3.35. The van der Waals surface area contributed by atoms with Crippen LogP contribution in [0.25, 0.3) is 0 Å². The van der Waals surface area contributed by atoms with Gasteiger partial charge in [-0.1, -0.05) is 6.07 Å². The smallest absolute Gasteiger partial charge is 0.131 e. The number of nitrogens with one attached hydrogen (secondary N) is 1. The number of halogens is 3. The molecule has 0 unspecified atom stereocenters. The summed E-state index contributed by atoms with van der Waals surface area (Å²) in [5.41, 5.74) is 1.44. The Morgan fingerprint density at radius 1 is 1.28 bits per heavy atom. The number of aromatic nitrogens is 1. The Labute approximate surface area is 112 Å². The Balaban J connectivity index is 2.09. The fourth-order valence-corrected chi connectivity index (χ4v) is 1.70. The second-order valence-corrected chi connectivity index (χ2v) is 4.76. The van der Waals surface area contributed by atoms with Crippen molar-refractivity contribution in [3.8, 4) is 0 Å². The number of hydrogen-bond acceptors (Lipinski definition) is 2. The van der Waals surface area contributed by atoms with E-state index in [1.54, 1.807) is 6.20 Å². The van der Waals surface area contributed by atoms with Gasteiger partial charge in [0.25, 0.3) is 0 Å². The van der Waals surface area contributed by atoms with Crippen molar-refractivity contribution in [2.75, 3.05) is 5.32 Å². The van der Waals surface area contributed by atoms with Gasteiger partial charge in [0.05, 0.1) is 0 Å². The van der Waals surface area contributed by atoms with E-state index in [-0.39, 0.29) is 6.54 Å². The standard InChI is InChI=1S/C13H11BrF2N2/c1-8-4-13(18-7-11(8)14)17-6-9-2-3-10(15)5-12(9)16/h2-5,7H,6H2,1H3,(H,17,18). The minimum atomic E-state index is -0.575. The van der Waals surface area contributed by atoms with Crippen LogP contribution in [0.3, 0.4) is 0 Å². The quantitative estimate of drug-likeness (QED) is 0.925. The molecule has 0 aliphatic heterocycles. The molecule has 0 saturated carbocycles. The number of pyridine rings is 1. The predicted octanol–water partition coefficient (Wildman–Crippen LogP) is 4.04. The van der Waals surface area contributed by atoms with Crippen LogP contribution >= 0.6 is 15.9 Å². The van der Waals surface area contributed by atoms with Crippen molar-refractivity contribution in [1.29, 1.82) is 0 Å². The van der Waals surface area contributed by atoms with E-state index in [1.165, 1.54) is 12.1 Å². The molecule has 2 rings (SSSR count). The minimum Gasteiger partial charge on any atom is -0.366 e. The van der Waals surface area contributed by atoms with Crippen LogP contribution in [0.2, 0.25) is 0 Å². The van der Waals surface area contributed by atoms with Crippen LogP contribution in [0.15, 0.2) is 34.9 Å². The molecule has 1 heterocycles. The first-order valence-corrected chi connectivity index (χ1v) is 6.15. The second-order valence-electron chi connectivity index (χ2n) is 3.91. The molecule has 1 aromatic carbocycles. The van der Waals surface area contributed by atoms with Crippen molar-refractivity contribution in [2.24, 2.45) is 0 Å².